The molecule has 1 atom stereocenters. The highest BCUT2D eigenvalue weighted by Crippen LogP contribution is 2.36. The largest absolute Gasteiger partial charge is 0.484 e. The number of benzene rings is 2. The van der Waals surface area contributed by atoms with Crippen molar-refractivity contribution in [1.29, 1.82) is 0 Å². The molecule has 2 aromatic rings. The summed E-state index contributed by atoms with van der Waals surface area (Å²) in [6.07, 6.45) is 0.454. The number of ether oxygens (including phenoxy) is 1. The topological polar surface area (TPSA) is 63.6 Å². The van der Waals surface area contributed by atoms with E-state index in [-0.39, 0.29) is 17.8 Å². The zero-order valence-corrected chi connectivity index (χ0v) is 12.2. The van der Waals surface area contributed by atoms with Crippen LogP contribution < -0.4 is 4.74 Å². The van der Waals surface area contributed by atoms with E-state index in [4.69, 9.17) is 4.74 Å². The number of ketones is 1. The van der Waals surface area contributed by atoms with Crippen LogP contribution >= 0.6 is 0 Å². The molecule has 0 amide bonds. The van der Waals surface area contributed by atoms with Gasteiger partial charge in [0, 0.05) is 5.56 Å². The van der Waals surface area contributed by atoms with E-state index in [1.165, 1.54) is 6.07 Å². The summed E-state index contributed by atoms with van der Waals surface area (Å²) in [5.74, 6) is -0.501. The van der Waals surface area contributed by atoms with Gasteiger partial charge >= 0.3 is 5.97 Å². The second-order valence-electron chi connectivity index (χ2n) is 5.31. The Morgan fingerprint density at radius 1 is 1.27 bits per heavy atom. The third kappa shape index (κ3) is 2.48. The van der Waals surface area contributed by atoms with Crippen molar-refractivity contribution in [2.45, 2.75) is 25.9 Å². The fourth-order valence-electron chi connectivity index (χ4n) is 2.74. The van der Waals surface area contributed by atoms with Crippen molar-refractivity contribution in [2.75, 3.05) is 0 Å². The maximum Gasteiger partial charge on any atom is 0.336 e. The molecule has 0 radical (unpaired) electrons. The van der Waals surface area contributed by atoms with Crippen LogP contribution in [-0.4, -0.2) is 16.9 Å². The summed E-state index contributed by atoms with van der Waals surface area (Å²) in [6.45, 7) is 2.03. The second-order valence-corrected chi connectivity index (χ2v) is 5.31. The Labute approximate surface area is 128 Å². The van der Waals surface area contributed by atoms with Gasteiger partial charge in [0.2, 0.25) is 0 Å². The van der Waals surface area contributed by atoms with Crippen LogP contribution in [0.15, 0.2) is 42.5 Å². The molecule has 2 aromatic carbocycles. The number of fused-ring (bicyclic) bond motifs is 1. The Balaban J connectivity index is 2.00. The first-order chi connectivity index (χ1) is 10.6. The number of aromatic carboxylic acids is 1. The molecule has 22 heavy (non-hydrogen) atoms. The number of carbonyl (C=O) groups excluding carboxylic acids is 1. The molecule has 0 saturated heterocycles. The third-order valence-corrected chi connectivity index (χ3v) is 3.93. The van der Waals surface area contributed by atoms with Gasteiger partial charge in [-0.1, -0.05) is 31.2 Å². The summed E-state index contributed by atoms with van der Waals surface area (Å²) in [4.78, 5) is 23.7. The Bertz CT molecular complexity index is 749. The van der Waals surface area contributed by atoms with Gasteiger partial charge in [-0.05, 0) is 30.2 Å². The number of carboxylic acids is 1. The molecule has 0 bridgehead atoms. The lowest BCUT2D eigenvalue weighted by molar-refractivity contribution is 0.0682. The summed E-state index contributed by atoms with van der Waals surface area (Å²) < 4.78 is 5.89. The summed E-state index contributed by atoms with van der Waals surface area (Å²) in [6, 6.07) is 12.2. The smallest absolute Gasteiger partial charge is 0.336 e. The SMILES string of the molecule is CCc1ccc2c(c1)C(=O)CC(c1ccccc1C(=O)O)O2. The van der Waals surface area contributed by atoms with E-state index in [1.807, 2.05) is 19.1 Å². The van der Waals surface area contributed by atoms with Crippen LogP contribution in [0.2, 0.25) is 0 Å². The minimum atomic E-state index is -1.02. The number of rotatable bonds is 3. The monoisotopic (exact) mass is 296 g/mol. The van der Waals surface area contributed by atoms with Gasteiger partial charge in [0.1, 0.15) is 11.9 Å². The molecule has 1 unspecified atom stereocenters. The maximum absolute atomic E-state index is 12.4. The van der Waals surface area contributed by atoms with Crippen LogP contribution in [-0.2, 0) is 6.42 Å². The first-order valence-corrected chi connectivity index (χ1v) is 7.25. The standard InChI is InChI=1S/C18H16O4/c1-2-11-7-8-16-14(9-11)15(19)10-17(22-16)12-5-3-4-6-13(12)18(20)21/h3-9,17H,2,10H2,1H3,(H,20,21). The molecule has 1 N–H and O–H groups in total. The van der Waals surface area contributed by atoms with Gasteiger partial charge in [-0.15, -0.1) is 0 Å². The molecule has 0 spiro atoms. The van der Waals surface area contributed by atoms with Crippen LogP contribution in [0.4, 0.5) is 0 Å². The van der Waals surface area contributed by atoms with Gasteiger partial charge in [-0.3, -0.25) is 4.79 Å². The Morgan fingerprint density at radius 3 is 2.77 bits per heavy atom. The summed E-state index contributed by atoms with van der Waals surface area (Å²) in [7, 11) is 0. The fourth-order valence-corrected chi connectivity index (χ4v) is 2.74. The number of Topliss-reactive ketones (excluding diaryl/α,β-unsaturated/α-hetero) is 1. The molecule has 4 heteroatoms. The lowest BCUT2D eigenvalue weighted by Crippen LogP contribution is -2.22. The van der Waals surface area contributed by atoms with E-state index in [2.05, 4.69) is 0 Å². The normalized spacial score (nSPS) is 16.8. The van der Waals surface area contributed by atoms with Crippen LogP contribution in [0.5, 0.6) is 5.75 Å². The molecule has 4 nitrogen and oxygen atoms in total. The number of carbonyl (C=O) groups is 2. The van der Waals surface area contributed by atoms with Gasteiger partial charge < -0.3 is 9.84 Å². The van der Waals surface area contributed by atoms with Crippen molar-refractivity contribution in [3.63, 3.8) is 0 Å². The van der Waals surface area contributed by atoms with Gasteiger partial charge in [0.05, 0.1) is 17.5 Å². The second kappa shape index (κ2) is 5.64. The highest BCUT2D eigenvalue weighted by Gasteiger charge is 2.30. The van der Waals surface area contributed by atoms with Crippen LogP contribution in [0.1, 0.15) is 51.3 Å². The van der Waals surface area contributed by atoms with E-state index in [0.29, 0.717) is 16.9 Å². The van der Waals surface area contributed by atoms with Gasteiger partial charge in [0.25, 0.3) is 0 Å². The molecule has 0 aromatic heterocycles. The molecular weight excluding hydrogens is 280 g/mol. The highest BCUT2D eigenvalue weighted by atomic mass is 16.5. The van der Waals surface area contributed by atoms with Crippen molar-refractivity contribution < 1.29 is 19.4 Å². The number of hydrogen-bond donors (Lipinski definition) is 1. The molecule has 112 valence electrons. The predicted octanol–water partition coefficient (Wildman–Crippen LogP) is 3.65. The van der Waals surface area contributed by atoms with Gasteiger partial charge in [-0.2, -0.15) is 0 Å². The molecule has 0 saturated carbocycles. The summed E-state index contributed by atoms with van der Waals surface area (Å²) in [5.41, 5.74) is 2.38. The molecule has 0 aliphatic carbocycles. The Kier molecular flexibility index (Phi) is 3.67. The number of carboxylic acid groups (broad SMARTS) is 1. The lowest BCUT2D eigenvalue weighted by Gasteiger charge is -2.26. The summed E-state index contributed by atoms with van der Waals surface area (Å²) in [5, 5.41) is 9.29. The quantitative estimate of drug-likeness (QED) is 0.939. The average Bonchev–Trinajstić information content (AvgIpc) is 2.54. The first-order valence-electron chi connectivity index (χ1n) is 7.25. The average molecular weight is 296 g/mol. The maximum atomic E-state index is 12.4. The van der Waals surface area contributed by atoms with E-state index in [9.17, 15) is 14.7 Å². The lowest BCUT2D eigenvalue weighted by atomic mass is 9.92. The van der Waals surface area contributed by atoms with Crippen molar-refractivity contribution >= 4 is 11.8 Å². The van der Waals surface area contributed by atoms with E-state index >= 15 is 0 Å². The van der Waals surface area contributed by atoms with Crippen molar-refractivity contribution in [1.82, 2.24) is 0 Å². The van der Waals surface area contributed by atoms with Crippen LogP contribution in [0.25, 0.3) is 0 Å². The minimum absolute atomic E-state index is 0.0123. The zero-order chi connectivity index (χ0) is 15.7. The van der Waals surface area contributed by atoms with Crippen molar-refractivity contribution in [3.8, 4) is 5.75 Å². The highest BCUT2D eigenvalue weighted by molar-refractivity contribution is 6.00. The fraction of sp³-hybridized carbons (Fsp3) is 0.222. The van der Waals surface area contributed by atoms with Crippen molar-refractivity contribution in [2.24, 2.45) is 0 Å². The number of hydrogen-bond acceptors (Lipinski definition) is 3. The van der Waals surface area contributed by atoms with Gasteiger partial charge in [0.15, 0.2) is 5.78 Å². The van der Waals surface area contributed by atoms with E-state index in [1.54, 1.807) is 24.3 Å². The molecule has 0 fully saturated rings. The van der Waals surface area contributed by atoms with Crippen LogP contribution in [0, 0.1) is 0 Å². The number of aryl methyl sites for hydroxylation is 1. The Morgan fingerprint density at radius 2 is 2.05 bits per heavy atom. The molecule has 1 heterocycles. The first kappa shape index (κ1) is 14.3. The molecule has 1 aliphatic heterocycles. The predicted molar refractivity (Wildman–Crippen MR) is 81.5 cm³/mol. The summed E-state index contributed by atoms with van der Waals surface area (Å²) >= 11 is 0. The minimum Gasteiger partial charge on any atom is -0.484 e. The van der Waals surface area contributed by atoms with Crippen LogP contribution in [0.3, 0.4) is 0 Å². The molecule has 1 aliphatic rings. The Hall–Kier alpha value is -2.62. The van der Waals surface area contributed by atoms with Gasteiger partial charge in [-0.25, -0.2) is 4.79 Å². The third-order valence-electron chi connectivity index (χ3n) is 3.93. The zero-order valence-electron chi connectivity index (χ0n) is 12.2. The molecule has 3 rings (SSSR count). The van der Waals surface area contributed by atoms with E-state index < -0.39 is 12.1 Å². The van der Waals surface area contributed by atoms with E-state index in [0.717, 1.165) is 12.0 Å². The van der Waals surface area contributed by atoms with Crippen molar-refractivity contribution in [3.05, 3.63) is 64.7 Å². The molecular formula is C18H16O4.